The van der Waals surface area contributed by atoms with E-state index in [1.807, 2.05) is 0 Å². The predicted octanol–water partition coefficient (Wildman–Crippen LogP) is 6.32. The Morgan fingerprint density at radius 2 is 1.62 bits per heavy atom. The number of rotatable bonds is 10. The van der Waals surface area contributed by atoms with E-state index in [-0.39, 0.29) is 29.1 Å². The molecule has 11 heteroatoms. The number of anilines is 1. The molecule has 7 nitrogen and oxygen atoms in total. The molecule has 212 valence electrons. The van der Waals surface area contributed by atoms with Crippen molar-refractivity contribution in [3.63, 3.8) is 0 Å². The fourth-order valence-corrected chi connectivity index (χ4v) is 6.62. The zero-order chi connectivity index (χ0) is 28.9. The first-order valence-corrected chi connectivity index (χ1v) is 15.5. The minimum absolute atomic E-state index is 0.0176. The highest BCUT2D eigenvalue weighted by Gasteiger charge is 2.33. The lowest BCUT2D eigenvalue weighted by molar-refractivity contribution is -0.139. The van der Waals surface area contributed by atoms with Gasteiger partial charge in [-0.3, -0.25) is 13.9 Å². The number of carbonyl (C=O) groups is 2. The molecule has 0 unspecified atom stereocenters. The third-order valence-corrected chi connectivity index (χ3v) is 9.67. The summed E-state index contributed by atoms with van der Waals surface area (Å²) < 4.78 is 28.6. The number of sulfonamides is 1. The zero-order valence-corrected chi connectivity index (χ0v) is 25.0. The van der Waals surface area contributed by atoms with Crippen molar-refractivity contribution < 1.29 is 18.0 Å². The molecule has 0 spiro atoms. The maximum Gasteiger partial charge on any atom is 0.264 e. The molecule has 0 radical (unpaired) electrons. The highest BCUT2D eigenvalue weighted by atomic mass is 35.5. The van der Waals surface area contributed by atoms with Gasteiger partial charge in [0.05, 0.1) is 20.6 Å². The van der Waals surface area contributed by atoms with Crippen LogP contribution >= 0.6 is 34.8 Å². The van der Waals surface area contributed by atoms with Gasteiger partial charge in [0.25, 0.3) is 10.0 Å². The van der Waals surface area contributed by atoms with Crippen LogP contribution < -0.4 is 9.62 Å². The Balaban J connectivity index is 1.69. The van der Waals surface area contributed by atoms with Crippen LogP contribution in [-0.4, -0.2) is 43.8 Å². The largest absolute Gasteiger partial charge is 0.352 e. The van der Waals surface area contributed by atoms with Gasteiger partial charge in [-0.25, -0.2) is 8.42 Å². The van der Waals surface area contributed by atoms with Gasteiger partial charge in [0.15, 0.2) is 0 Å². The molecule has 1 atom stereocenters. The van der Waals surface area contributed by atoms with Crippen LogP contribution in [0.5, 0.6) is 0 Å². The van der Waals surface area contributed by atoms with Crippen molar-refractivity contribution >= 4 is 62.3 Å². The van der Waals surface area contributed by atoms with Gasteiger partial charge in [0.2, 0.25) is 11.8 Å². The van der Waals surface area contributed by atoms with Gasteiger partial charge < -0.3 is 10.2 Å². The average Bonchev–Trinajstić information content (AvgIpc) is 3.45. The van der Waals surface area contributed by atoms with Gasteiger partial charge in [-0.1, -0.05) is 78.0 Å². The molecule has 1 N–H and O–H groups in total. The summed E-state index contributed by atoms with van der Waals surface area (Å²) >= 11 is 18.5. The van der Waals surface area contributed by atoms with Crippen molar-refractivity contribution in [2.45, 2.75) is 56.1 Å². The number of hydrogen-bond acceptors (Lipinski definition) is 4. The Morgan fingerprint density at radius 1 is 0.925 bits per heavy atom. The molecule has 0 saturated heterocycles. The summed E-state index contributed by atoms with van der Waals surface area (Å²) in [5, 5.41) is 4.02. The highest BCUT2D eigenvalue weighted by molar-refractivity contribution is 7.92. The standard InChI is InChI=1S/C29H30Cl3N3O4S/c1-20(29(37)33-23-9-5-6-10-23)34(18-21-14-15-26(31)27(32)16-21)28(36)19-35(24-11-7-8-22(30)17-24)40(38,39)25-12-3-2-4-13-25/h2-4,7-8,11-17,20,23H,5-6,9-10,18-19H2,1H3,(H,33,37)/t20-/m1/s1. The van der Waals surface area contributed by atoms with E-state index in [9.17, 15) is 18.0 Å². The Labute approximate surface area is 250 Å². The molecule has 2 amide bonds. The van der Waals surface area contributed by atoms with Gasteiger partial charge in [0.1, 0.15) is 12.6 Å². The average molecular weight is 623 g/mol. The van der Waals surface area contributed by atoms with Crippen molar-refractivity contribution in [1.29, 1.82) is 0 Å². The molecule has 4 rings (SSSR count). The number of hydrogen-bond donors (Lipinski definition) is 1. The topological polar surface area (TPSA) is 86.8 Å². The Hall–Kier alpha value is -2.78. The number of nitrogens with zero attached hydrogens (tertiary/aromatic N) is 2. The maximum absolute atomic E-state index is 14.0. The normalized spacial score (nSPS) is 14.5. The summed E-state index contributed by atoms with van der Waals surface area (Å²) in [5.74, 6) is -0.875. The molecule has 0 aliphatic heterocycles. The molecular formula is C29H30Cl3N3O4S. The van der Waals surface area contributed by atoms with Crippen LogP contribution in [0, 0.1) is 0 Å². The number of halogens is 3. The van der Waals surface area contributed by atoms with Crippen molar-refractivity contribution in [2.24, 2.45) is 0 Å². The number of benzene rings is 3. The summed E-state index contributed by atoms with van der Waals surface area (Å²) in [7, 11) is -4.16. The summed E-state index contributed by atoms with van der Waals surface area (Å²) in [6, 6.07) is 18.2. The number of amides is 2. The van der Waals surface area contributed by atoms with Crippen LogP contribution in [0.2, 0.25) is 15.1 Å². The van der Waals surface area contributed by atoms with E-state index in [4.69, 9.17) is 34.8 Å². The van der Waals surface area contributed by atoms with E-state index in [0.717, 1.165) is 30.0 Å². The van der Waals surface area contributed by atoms with E-state index >= 15 is 0 Å². The van der Waals surface area contributed by atoms with E-state index < -0.39 is 28.5 Å². The first-order valence-electron chi connectivity index (χ1n) is 12.9. The summed E-state index contributed by atoms with van der Waals surface area (Å²) in [6.07, 6.45) is 3.85. The van der Waals surface area contributed by atoms with Gasteiger partial charge in [-0.15, -0.1) is 0 Å². The molecule has 1 saturated carbocycles. The van der Waals surface area contributed by atoms with Crippen LogP contribution in [-0.2, 0) is 26.2 Å². The first kappa shape index (κ1) is 30.2. The molecule has 0 bridgehead atoms. The fourth-order valence-electron chi connectivity index (χ4n) is 4.69. The monoisotopic (exact) mass is 621 g/mol. The lowest BCUT2D eigenvalue weighted by Crippen LogP contribution is -2.52. The van der Waals surface area contributed by atoms with Crippen molar-refractivity contribution in [1.82, 2.24) is 10.2 Å². The van der Waals surface area contributed by atoms with Crippen LogP contribution in [0.25, 0.3) is 0 Å². The third kappa shape index (κ3) is 7.29. The van der Waals surface area contributed by atoms with Gasteiger partial charge in [-0.05, 0) is 67.8 Å². The minimum atomic E-state index is -4.16. The SMILES string of the molecule is C[C@H](C(=O)NC1CCCC1)N(Cc1ccc(Cl)c(Cl)c1)C(=O)CN(c1cccc(Cl)c1)S(=O)(=O)c1ccccc1. The molecule has 3 aromatic carbocycles. The highest BCUT2D eigenvalue weighted by Crippen LogP contribution is 2.28. The quantitative estimate of drug-likeness (QED) is 0.287. The smallest absolute Gasteiger partial charge is 0.264 e. The first-order chi connectivity index (χ1) is 19.1. The zero-order valence-electron chi connectivity index (χ0n) is 21.9. The molecule has 3 aromatic rings. The van der Waals surface area contributed by atoms with E-state index in [1.165, 1.54) is 23.1 Å². The molecule has 1 aliphatic carbocycles. The van der Waals surface area contributed by atoms with Crippen LogP contribution in [0.15, 0.2) is 77.7 Å². The van der Waals surface area contributed by atoms with Crippen molar-refractivity contribution in [3.8, 4) is 0 Å². The van der Waals surface area contributed by atoms with Gasteiger partial charge in [0, 0.05) is 17.6 Å². The molecule has 0 heterocycles. The van der Waals surface area contributed by atoms with E-state index in [1.54, 1.807) is 61.5 Å². The van der Waals surface area contributed by atoms with Crippen LogP contribution in [0.4, 0.5) is 5.69 Å². The minimum Gasteiger partial charge on any atom is -0.352 e. The Kier molecular flexibility index (Phi) is 10.0. The second kappa shape index (κ2) is 13.3. The lowest BCUT2D eigenvalue weighted by Gasteiger charge is -2.32. The second-order valence-electron chi connectivity index (χ2n) is 9.74. The van der Waals surface area contributed by atoms with Crippen molar-refractivity contribution in [2.75, 3.05) is 10.8 Å². The number of carbonyl (C=O) groups excluding carboxylic acids is 2. The van der Waals surface area contributed by atoms with Crippen LogP contribution in [0.3, 0.4) is 0 Å². The molecule has 40 heavy (non-hydrogen) atoms. The third-order valence-electron chi connectivity index (χ3n) is 6.91. The summed E-state index contributed by atoms with van der Waals surface area (Å²) in [6.45, 7) is 1.10. The summed E-state index contributed by atoms with van der Waals surface area (Å²) in [5.41, 5.74) is 0.866. The molecule has 1 fully saturated rings. The molecule has 0 aromatic heterocycles. The van der Waals surface area contributed by atoms with Crippen molar-refractivity contribution in [3.05, 3.63) is 93.4 Å². The van der Waals surface area contributed by atoms with Gasteiger partial charge in [-0.2, -0.15) is 0 Å². The van der Waals surface area contributed by atoms with E-state index in [0.29, 0.717) is 20.6 Å². The second-order valence-corrected chi connectivity index (χ2v) is 12.9. The maximum atomic E-state index is 14.0. The Morgan fingerprint density at radius 3 is 2.27 bits per heavy atom. The van der Waals surface area contributed by atoms with Gasteiger partial charge >= 0.3 is 0 Å². The lowest BCUT2D eigenvalue weighted by atomic mass is 10.1. The summed E-state index contributed by atoms with van der Waals surface area (Å²) in [4.78, 5) is 28.6. The molecular weight excluding hydrogens is 593 g/mol. The molecule has 1 aliphatic rings. The predicted molar refractivity (Wildman–Crippen MR) is 159 cm³/mol. The fraction of sp³-hybridized carbons (Fsp3) is 0.310. The van der Waals surface area contributed by atoms with Crippen LogP contribution in [0.1, 0.15) is 38.2 Å². The van der Waals surface area contributed by atoms with E-state index in [2.05, 4.69) is 5.32 Å². The Bertz CT molecular complexity index is 1460. The number of nitrogens with one attached hydrogen (secondary N) is 1.